The van der Waals surface area contributed by atoms with Gasteiger partial charge in [-0.3, -0.25) is 0 Å². The van der Waals surface area contributed by atoms with Crippen molar-refractivity contribution in [3.8, 4) is 0 Å². The van der Waals surface area contributed by atoms with E-state index in [1.165, 1.54) is 51.9 Å². The molecule has 200 valence electrons. The minimum absolute atomic E-state index is 0.664. The third-order valence-electron chi connectivity index (χ3n) is 7.70. The van der Waals surface area contributed by atoms with Gasteiger partial charge in [0.05, 0.1) is 0 Å². The summed E-state index contributed by atoms with van der Waals surface area (Å²) in [5, 5.41) is 0. The summed E-state index contributed by atoms with van der Waals surface area (Å²) in [6, 6.07) is 0. The summed E-state index contributed by atoms with van der Waals surface area (Å²) >= 11 is 0. The average Bonchev–Trinajstić information content (AvgIpc) is 2.85. The Kier molecular flexibility index (Phi) is 22.1. The van der Waals surface area contributed by atoms with E-state index in [0.717, 1.165) is 65.6 Å². The topological polar surface area (TPSA) is 22.2 Å². The molecule has 0 aromatic heterocycles. The van der Waals surface area contributed by atoms with Gasteiger partial charge in [-0.05, 0) is 116 Å². The zero-order valence-corrected chi connectivity index (χ0v) is 24.1. The van der Waals surface area contributed by atoms with Crippen LogP contribution in [0.25, 0.3) is 0 Å². The molecule has 0 amide bonds. The van der Waals surface area contributed by atoms with Crippen LogP contribution in [-0.4, -0.2) is 111 Å². The van der Waals surface area contributed by atoms with Crippen molar-refractivity contribution in [2.75, 3.05) is 91.8 Å². The first kappa shape index (κ1) is 32.8. The normalized spacial score (nSPS) is 12.5. The molecule has 0 fully saturated rings. The summed E-state index contributed by atoms with van der Waals surface area (Å²) in [7, 11) is 0. The first-order valence-corrected chi connectivity index (χ1v) is 14.5. The fourth-order valence-corrected chi connectivity index (χ4v) is 4.64. The molecule has 0 aromatic carbocycles. The zero-order chi connectivity index (χ0) is 24.9. The smallest absolute Gasteiger partial charge is 0.0495 e. The lowest BCUT2D eigenvalue weighted by Gasteiger charge is -2.28. The fraction of sp³-hybridized carbons (Fsp3) is 1.00. The predicted molar refractivity (Wildman–Crippen MR) is 147 cm³/mol. The van der Waals surface area contributed by atoms with Gasteiger partial charge in [-0.2, -0.15) is 0 Å². The number of ether oxygens (including phenoxy) is 1. The predicted octanol–water partition coefficient (Wildman–Crippen LogP) is 5.16. The molecule has 0 heterocycles. The average molecular weight is 471 g/mol. The van der Waals surface area contributed by atoms with E-state index in [1.54, 1.807) is 0 Å². The second-order valence-corrected chi connectivity index (χ2v) is 9.53. The Morgan fingerprint density at radius 2 is 0.606 bits per heavy atom. The molecule has 33 heavy (non-hydrogen) atoms. The maximum absolute atomic E-state index is 6.48. The highest BCUT2D eigenvalue weighted by Gasteiger charge is 2.16. The standard InChI is InChI=1S/C28H62N4O/c1-9-29(10-2)21-17-27(18-22-30(11-3)12-4)25-33-26-28(19-23-31(13-5)14-6)20-24-32(15-7)16-8/h27-28H,9-26H2,1-8H3. The molecule has 0 unspecified atom stereocenters. The fourth-order valence-electron chi connectivity index (χ4n) is 4.64. The van der Waals surface area contributed by atoms with Crippen molar-refractivity contribution in [1.82, 2.24) is 19.6 Å². The van der Waals surface area contributed by atoms with Crippen LogP contribution < -0.4 is 0 Å². The second-order valence-electron chi connectivity index (χ2n) is 9.53. The van der Waals surface area contributed by atoms with E-state index in [9.17, 15) is 0 Å². The lowest BCUT2D eigenvalue weighted by molar-refractivity contribution is 0.0501. The Labute approximate surface area is 209 Å². The Bertz CT molecular complexity index is 325. The molecule has 5 heteroatoms. The Hall–Kier alpha value is -0.200. The van der Waals surface area contributed by atoms with Gasteiger partial charge >= 0.3 is 0 Å². The molecule has 0 aliphatic carbocycles. The van der Waals surface area contributed by atoms with E-state index in [4.69, 9.17) is 4.74 Å². The summed E-state index contributed by atoms with van der Waals surface area (Å²) < 4.78 is 6.48. The van der Waals surface area contributed by atoms with Crippen molar-refractivity contribution in [1.29, 1.82) is 0 Å². The van der Waals surface area contributed by atoms with Crippen molar-refractivity contribution < 1.29 is 4.74 Å². The second kappa shape index (κ2) is 22.3. The molecule has 0 bridgehead atoms. The van der Waals surface area contributed by atoms with Gasteiger partial charge < -0.3 is 24.3 Å². The van der Waals surface area contributed by atoms with E-state index in [0.29, 0.717) is 11.8 Å². The molecule has 5 nitrogen and oxygen atoms in total. The zero-order valence-electron chi connectivity index (χ0n) is 24.1. The molecular formula is C28H62N4O. The lowest BCUT2D eigenvalue weighted by atomic mass is 10.00. The highest BCUT2D eigenvalue weighted by molar-refractivity contribution is 4.69. The highest BCUT2D eigenvalue weighted by Crippen LogP contribution is 2.16. The highest BCUT2D eigenvalue weighted by atomic mass is 16.5. The van der Waals surface area contributed by atoms with Crippen LogP contribution in [0, 0.1) is 11.8 Å². The van der Waals surface area contributed by atoms with Gasteiger partial charge in [0.2, 0.25) is 0 Å². The van der Waals surface area contributed by atoms with Gasteiger partial charge in [0.15, 0.2) is 0 Å². The molecule has 0 rings (SSSR count). The van der Waals surface area contributed by atoms with E-state index in [1.807, 2.05) is 0 Å². The molecule has 0 spiro atoms. The van der Waals surface area contributed by atoms with Crippen LogP contribution in [0.4, 0.5) is 0 Å². The van der Waals surface area contributed by atoms with Crippen LogP contribution >= 0.6 is 0 Å². The minimum atomic E-state index is 0.664. The largest absolute Gasteiger partial charge is 0.381 e. The van der Waals surface area contributed by atoms with E-state index in [2.05, 4.69) is 75.0 Å². The quantitative estimate of drug-likeness (QED) is 0.194. The van der Waals surface area contributed by atoms with Gasteiger partial charge in [-0.1, -0.05) is 55.4 Å². The molecule has 0 saturated carbocycles. The maximum atomic E-state index is 6.48. The van der Waals surface area contributed by atoms with E-state index < -0.39 is 0 Å². The summed E-state index contributed by atoms with van der Waals surface area (Å²) in [6.07, 6.45) is 5.03. The third-order valence-corrected chi connectivity index (χ3v) is 7.70. The number of hydrogen-bond donors (Lipinski definition) is 0. The Morgan fingerprint density at radius 3 is 0.788 bits per heavy atom. The first-order valence-electron chi connectivity index (χ1n) is 14.5. The van der Waals surface area contributed by atoms with Crippen molar-refractivity contribution in [2.45, 2.75) is 81.1 Å². The number of nitrogens with zero attached hydrogens (tertiary/aromatic N) is 4. The third kappa shape index (κ3) is 16.2. The maximum Gasteiger partial charge on any atom is 0.0495 e. The van der Waals surface area contributed by atoms with Crippen molar-refractivity contribution in [3.05, 3.63) is 0 Å². The van der Waals surface area contributed by atoms with Crippen LogP contribution in [0.5, 0.6) is 0 Å². The summed E-state index contributed by atoms with van der Waals surface area (Å²) in [5.41, 5.74) is 0. The van der Waals surface area contributed by atoms with Crippen LogP contribution in [0.15, 0.2) is 0 Å². The van der Waals surface area contributed by atoms with Crippen molar-refractivity contribution >= 4 is 0 Å². The molecule has 0 atom stereocenters. The van der Waals surface area contributed by atoms with Gasteiger partial charge in [-0.25, -0.2) is 0 Å². The summed E-state index contributed by atoms with van der Waals surface area (Å²) in [6.45, 7) is 34.1. The molecule has 0 saturated heterocycles. The van der Waals surface area contributed by atoms with E-state index >= 15 is 0 Å². The Balaban J connectivity index is 4.84. The summed E-state index contributed by atoms with van der Waals surface area (Å²) in [5.74, 6) is 1.33. The van der Waals surface area contributed by atoms with Crippen molar-refractivity contribution in [2.24, 2.45) is 11.8 Å². The van der Waals surface area contributed by atoms with Crippen LogP contribution in [0.1, 0.15) is 81.1 Å². The Morgan fingerprint density at radius 1 is 0.394 bits per heavy atom. The molecular weight excluding hydrogens is 408 g/mol. The lowest BCUT2D eigenvalue weighted by Crippen LogP contribution is -2.31. The van der Waals surface area contributed by atoms with E-state index in [-0.39, 0.29) is 0 Å². The van der Waals surface area contributed by atoms with Gasteiger partial charge in [-0.15, -0.1) is 0 Å². The van der Waals surface area contributed by atoms with Crippen LogP contribution in [0.2, 0.25) is 0 Å². The van der Waals surface area contributed by atoms with Gasteiger partial charge in [0, 0.05) is 13.2 Å². The summed E-state index contributed by atoms with van der Waals surface area (Å²) in [4.78, 5) is 10.2. The van der Waals surface area contributed by atoms with Crippen molar-refractivity contribution in [3.63, 3.8) is 0 Å². The molecule has 0 aromatic rings. The molecule has 0 aliphatic rings. The number of rotatable bonds is 24. The van der Waals surface area contributed by atoms with Gasteiger partial charge in [0.1, 0.15) is 0 Å². The van der Waals surface area contributed by atoms with Crippen LogP contribution in [0.3, 0.4) is 0 Å². The molecule has 0 N–H and O–H groups in total. The monoisotopic (exact) mass is 470 g/mol. The van der Waals surface area contributed by atoms with Crippen LogP contribution in [-0.2, 0) is 4.74 Å². The SMILES string of the molecule is CCN(CC)CCC(CCN(CC)CC)COCC(CCN(CC)CC)CCN(CC)CC. The first-order chi connectivity index (χ1) is 16.0. The van der Waals surface area contributed by atoms with Gasteiger partial charge in [0.25, 0.3) is 0 Å². The minimum Gasteiger partial charge on any atom is -0.381 e. The molecule has 0 radical (unpaired) electrons. The number of hydrogen-bond acceptors (Lipinski definition) is 5. The molecule has 0 aliphatic heterocycles.